The molecule has 0 saturated heterocycles. The van der Waals surface area contributed by atoms with Gasteiger partial charge in [-0.25, -0.2) is 0 Å². The Morgan fingerprint density at radius 2 is 2.12 bits per heavy atom. The van der Waals surface area contributed by atoms with Gasteiger partial charge in [0.25, 0.3) is 0 Å². The molecule has 3 N–H and O–H groups in total. The molecule has 0 aliphatic rings. The van der Waals surface area contributed by atoms with Crippen LogP contribution in [0.5, 0.6) is 0 Å². The van der Waals surface area contributed by atoms with Crippen LogP contribution in [0.15, 0.2) is 22.8 Å². The van der Waals surface area contributed by atoms with Gasteiger partial charge in [0.2, 0.25) is 0 Å². The standard InChI is InChI=1S/C13H24N2O2/c1-4-13(5-2,17-6-3)12(15-14)10-11-8-7-9-16-11/h7-9,12,15H,4-6,10,14H2,1-3H3. The number of ether oxygens (including phenoxy) is 1. The second-order valence-electron chi connectivity index (χ2n) is 4.21. The summed E-state index contributed by atoms with van der Waals surface area (Å²) in [6.07, 6.45) is 4.27. The number of hydrazine groups is 1. The Balaban J connectivity index is 2.80. The van der Waals surface area contributed by atoms with Crippen LogP contribution in [0.25, 0.3) is 0 Å². The van der Waals surface area contributed by atoms with E-state index in [1.165, 1.54) is 0 Å². The van der Waals surface area contributed by atoms with Gasteiger partial charge in [-0.05, 0) is 31.9 Å². The highest BCUT2D eigenvalue weighted by Crippen LogP contribution is 2.27. The third-order valence-electron chi connectivity index (χ3n) is 3.45. The Labute approximate surface area is 103 Å². The molecule has 1 aromatic heterocycles. The van der Waals surface area contributed by atoms with E-state index in [1.807, 2.05) is 19.1 Å². The fraction of sp³-hybridized carbons (Fsp3) is 0.692. The van der Waals surface area contributed by atoms with Gasteiger partial charge in [0.05, 0.1) is 17.9 Å². The van der Waals surface area contributed by atoms with Crippen molar-refractivity contribution in [3.05, 3.63) is 24.2 Å². The maximum Gasteiger partial charge on any atom is 0.105 e. The van der Waals surface area contributed by atoms with Gasteiger partial charge in [0, 0.05) is 13.0 Å². The number of nitrogens with one attached hydrogen (secondary N) is 1. The van der Waals surface area contributed by atoms with Crippen LogP contribution >= 0.6 is 0 Å². The summed E-state index contributed by atoms with van der Waals surface area (Å²) < 4.78 is 11.3. The molecular formula is C13H24N2O2. The molecule has 0 amide bonds. The minimum Gasteiger partial charge on any atom is -0.469 e. The minimum atomic E-state index is -0.226. The molecule has 1 rings (SSSR count). The fourth-order valence-corrected chi connectivity index (χ4v) is 2.36. The Bertz CT molecular complexity index is 294. The Morgan fingerprint density at radius 3 is 2.53 bits per heavy atom. The normalized spacial score (nSPS) is 13.9. The highest BCUT2D eigenvalue weighted by atomic mass is 16.5. The van der Waals surface area contributed by atoms with E-state index in [9.17, 15) is 0 Å². The molecule has 4 nitrogen and oxygen atoms in total. The van der Waals surface area contributed by atoms with Gasteiger partial charge in [-0.1, -0.05) is 13.8 Å². The van der Waals surface area contributed by atoms with Crippen LogP contribution in [0.4, 0.5) is 0 Å². The zero-order valence-corrected chi connectivity index (χ0v) is 11.0. The Kier molecular flexibility index (Phi) is 5.68. The second-order valence-corrected chi connectivity index (χ2v) is 4.21. The molecule has 0 spiro atoms. The summed E-state index contributed by atoms with van der Waals surface area (Å²) in [7, 11) is 0. The van der Waals surface area contributed by atoms with Crippen molar-refractivity contribution >= 4 is 0 Å². The number of hydrogen-bond acceptors (Lipinski definition) is 4. The molecule has 0 aromatic carbocycles. The van der Waals surface area contributed by atoms with Crippen molar-refractivity contribution in [1.29, 1.82) is 0 Å². The summed E-state index contributed by atoms with van der Waals surface area (Å²) >= 11 is 0. The van der Waals surface area contributed by atoms with Crippen LogP contribution < -0.4 is 11.3 Å². The van der Waals surface area contributed by atoms with Crippen LogP contribution in [0.2, 0.25) is 0 Å². The van der Waals surface area contributed by atoms with Gasteiger partial charge in [0.15, 0.2) is 0 Å². The lowest BCUT2D eigenvalue weighted by atomic mass is 9.86. The van der Waals surface area contributed by atoms with Crippen molar-refractivity contribution < 1.29 is 9.15 Å². The molecule has 0 aliphatic carbocycles. The third kappa shape index (κ3) is 3.31. The predicted octanol–water partition coefficient (Wildman–Crippen LogP) is 2.25. The van der Waals surface area contributed by atoms with Crippen molar-refractivity contribution in [2.45, 2.75) is 51.7 Å². The number of hydrogen-bond donors (Lipinski definition) is 2. The van der Waals surface area contributed by atoms with E-state index in [4.69, 9.17) is 15.0 Å². The van der Waals surface area contributed by atoms with E-state index in [0.29, 0.717) is 6.61 Å². The molecular weight excluding hydrogens is 216 g/mol. The quantitative estimate of drug-likeness (QED) is 0.540. The van der Waals surface area contributed by atoms with Gasteiger partial charge in [-0.3, -0.25) is 11.3 Å². The summed E-state index contributed by atoms with van der Waals surface area (Å²) in [5.41, 5.74) is 2.66. The van der Waals surface area contributed by atoms with Crippen molar-refractivity contribution in [2.24, 2.45) is 5.84 Å². The van der Waals surface area contributed by atoms with Gasteiger partial charge in [-0.15, -0.1) is 0 Å². The van der Waals surface area contributed by atoms with Crippen LogP contribution in [0, 0.1) is 0 Å². The fourth-order valence-electron chi connectivity index (χ4n) is 2.36. The highest BCUT2D eigenvalue weighted by Gasteiger charge is 2.36. The predicted molar refractivity (Wildman–Crippen MR) is 68.5 cm³/mol. The number of furan rings is 1. The van der Waals surface area contributed by atoms with E-state index in [1.54, 1.807) is 6.26 Å². The summed E-state index contributed by atoms with van der Waals surface area (Å²) in [5, 5.41) is 0. The van der Waals surface area contributed by atoms with E-state index >= 15 is 0 Å². The average molecular weight is 240 g/mol. The SMILES string of the molecule is CCOC(CC)(CC)C(Cc1ccco1)NN. The first-order valence-corrected chi connectivity index (χ1v) is 6.34. The maximum atomic E-state index is 5.95. The molecule has 0 radical (unpaired) electrons. The Hall–Kier alpha value is -0.840. The highest BCUT2D eigenvalue weighted by molar-refractivity contribution is 5.04. The van der Waals surface area contributed by atoms with Gasteiger partial charge >= 0.3 is 0 Å². The topological polar surface area (TPSA) is 60.4 Å². The molecule has 0 saturated carbocycles. The first-order valence-electron chi connectivity index (χ1n) is 6.34. The first-order chi connectivity index (χ1) is 8.22. The summed E-state index contributed by atoms with van der Waals surface area (Å²) in [4.78, 5) is 0. The zero-order chi connectivity index (χ0) is 12.7. The summed E-state index contributed by atoms with van der Waals surface area (Å²) in [6, 6.07) is 3.92. The Morgan fingerprint density at radius 1 is 1.41 bits per heavy atom. The molecule has 17 heavy (non-hydrogen) atoms. The molecule has 98 valence electrons. The largest absolute Gasteiger partial charge is 0.469 e. The van der Waals surface area contributed by atoms with Crippen molar-refractivity contribution in [2.75, 3.05) is 6.61 Å². The summed E-state index contributed by atoms with van der Waals surface area (Å²) in [5.74, 6) is 6.61. The van der Waals surface area contributed by atoms with E-state index in [0.717, 1.165) is 25.0 Å². The summed E-state index contributed by atoms with van der Waals surface area (Å²) in [6.45, 7) is 6.97. The zero-order valence-electron chi connectivity index (χ0n) is 11.0. The average Bonchev–Trinajstić information content (AvgIpc) is 2.86. The molecule has 1 heterocycles. The second kappa shape index (κ2) is 6.79. The molecule has 1 atom stereocenters. The molecule has 0 aliphatic heterocycles. The van der Waals surface area contributed by atoms with Crippen molar-refractivity contribution in [3.8, 4) is 0 Å². The lowest BCUT2D eigenvalue weighted by molar-refractivity contribution is -0.0728. The maximum absolute atomic E-state index is 5.95. The minimum absolute atomic E-state index is 0.0589. The lowest BCUT2D eigenvalue weighted by Gasteiger charge is -2.38. The molecule has 0 fully saturated rings. The third-order valence-corrected chi connectivity index (χ3v) is 3.45. The van der Waals surface area contributed by atoms with E-state index < -0.39 is 0 Å². The van der Waals surface area contributed by atoms with Crippen LogP contribution in [0.3, 0.4) is 0 Å². The van der Waals surface area contributed by atoms with Gasteiger partial charge in [-0.2, -0.15) is 0 Å². The molecule has 1 aromatic rings. The van der Waals surface area contributed by atoms with Crippen molar-refractivity contribution in [1.82, 2.24) is 5.43 Å². The number of nitrogens with two attached hydrogens (primary N) is 1. The van der Waals surface area contributed by atoms with E-state index in [2.05, 4.69) is 19.3 Å². The number of rotatable bonds is 8. The van der Waals surface area contributed by atoms with E-state index in [-0.39, 0.29) is 11.6 Å². The molecule has 4 heteroatoms. The van der Waals surface area contributed by atoms with Crippen LogP contribution in [0.1, 0.15) is 39.4 Å². The molecule has 0 bridgehead atoms. The van der Waals surface area contributed by atoms with Gasteiger partial charge in [0.1, 0.15) is 5.76 Å². The smallest absolute Gasteiger partial charge is 0.105 e. The lowest BCUT2D eigenvalue weighted by Crippen LogP contribution is -2.55. The van der Waals surface area contributed by atoms with Crippen LogP contribution in [-0.2, 0) is 11.2 Å². The first kappa shape index (κ1) is 14.2. The monoisotopic (exact) mass is 240 g/mol. The van der Waals surface area contributed by atoms with Gasteiger partial charge < -0.3 is 9.15 Å². The van der Waals surface area contributed by atoms with Crippen molar-refractivity contribution in [3.63, 3.8) is 0 Å². The van der Waals surface area contributed by atoms with Crippen LogP contribution in [-0.4, -0.2) is 18.2 Å². The molecule has 1 unspecified atom stereocenters.